The topological polar surface area (TPSA) is 57.5 Å². The molecule has 0 saturated heterocycles. The van der Waals surface area contributed by atoms with E-state index in [0.717, 1.165) is 18.4 Å². The summed E-state index contributed by atoms with van der Waals surface area (Å²) in [4.78, 5) is 12.5. The molecule has 0 bridgehead atoms. The molecule has 1 aromatic rings. The summed E-state index contributed by atoms with van der Waals surface area (Å²) in [7, 11) is 0. The fourth-order valence-electron chi connectivity index (χ4n) is 5.77. The molecular formula is C32H56O3. The summed E-state index contributed by atoms with van der Waals surface area (Å²) in [5, 5.41) is 22.1. The number of unbranched alkanes of at least 4 members (excludes halogenated alkanes) is 10. The van der Waals surface area contributed by atoms with Gasteiger partial charge in [-0.3, -0.25) is 4.79 Å². The van der Waals surface area contributed by atoms with Gasteiger partial charge in [-0.2, -0.15) is 0 Å². The molecular weight excluding hydrogens is 432 g/mol. The Kier molecular flexibility index (Phi) is 14.2. The van der Waals surface area contributed by atoms with Crippen LogP contribution in [0.15, 0.2) is 30.3 Å². The second kappa shape index (κ2) is 15.7. The van der Waals surface area contributed by atoms with Gasteiger partial charge in [-0.15, -0.1) is 0 Å². The Morgan fingerprint density at radius 2 is 1.20 bits per heavy atom. The SMILES string of the molecule is CCCCCCCCCCCCCC(C(O)C(C(C(=O)O)c1ccccc1)C(C)(C)C)C(C)(C)C. The molecule has 1 rings (SSSR count). The highest BCUT2D eigenvalue weighted by Crippen LogP contribution is 2.46. The van der Waals surface area contributed by atoms with E-state index in [2.05, 4.69) is 48.5 Å². The average molecular weight is 489 g/mol. The van der Waals surface area contributed by atoms with Crippen molar-refractivity contribution in [2.75, 3.05) is 0 Å². The largest absolute Gasteiger partial charge is 0.481 e. The number of hydrogen-bond acceptors (Lipinski definition) is 2. The molecule has 0 aliphatic heterocycles. The molecule has 2 N–H and O–H groups in total. The molecule has 0 amide bonds. The smallest absolute Gasteiger partial charge is 0.311 e. The van der Waals surface area contributed by atoms with Crippen LogP contribution in [0.4, 0.5) is 0 Å². The number of carbonyl (C=O) groups is 1. The minimum atomic E-state index is -0.850. The zero-order valence-electron chi connectivity index (χ0n) is 24.0. The number of aliphatic hydroxyl groups is 1. The summed E-state index contributed by atoms with van der Waals surface area (Å²) < 4.78 is 0. The first-order valence-corrected chi connectivity index (χ1v) is 14.4. The van der Waals surface area contributed by atoms with Crippen LogP contribution in [-0.4, -0.2) is 22.3 Å². The van der Waals surface area contributed by atoms with Gasteiger partial charge >= 0.3 is 5.97 Å². The number of carboxylic acids is 1. The molecule has 0 spiro atoms. The highest BCUT2D eigenvalue weighted by atomic mass is 16.4. The van der Waals surface area contributed by atoms with Gasteiger partial charge in [-0.25, -0.2) is 0 Å². The van der Waals surface area contributed by atoms with Gasteiger partial charge in [0.05, 0.1) is 12.0 Å². The van der Waals surface area contributed by atoms with Crippen molar-refractivity contribution in [3.8, 4) is 0 Å². The lowest BCUT2D eigenvalue weighted by Crippen LogP contribution is -2.46. The molecule has 1 aromatic carbocycles. The summed E-state index contributed by atoms with van der Waals surface area (Å²) in [6, 6.07) is 9.48. The van der Waals surface area contributed by atoms with Crippen molar-refractivity contribution in [2.45, 2.75) is 138 Å². The second-order valence-corrected chi connectivity index (χ2v) is 12.9. The maximum Gasteiger partial charge on any atom is 0.311 e. The van der Waals surface area contributed by atoms with Gasteiger partial charge in [-0.1, -0.05) is 149 Å². The van der Waals surface area contributed by atoms with Crippen LogP contribution < -0.4 is 0 Å². The molecule has 4 unspecified atom stereocenters. The molecule has 0 aliphatic rings. The summed E-state index contributed by atoms with van der Waals surface area (Å²) in [6.45, 7) is 15.1. The first-order valence-electron chi connectivity index (χ1n) is 14.4. The number of rotatable bonds is 17. The van der Waals surface area contributed by atoms with E-state index in [0.29, 0.717) is 0 Å². The predicted octanol–water partition coefficient (Wildman–Crippen LogP) is 9.24. The molecule has 0 saturated carbocycles. The molecule has 3 nitrogen and oxygen atoms in total. The first-order chi connectivity index (χ1) is 16.4. The minimum absolute atomic E-state index is 0.0517. The fraction of sp³-hybridized carbons (Fsp3) is 0.781. The van der Waals surface area contributed by atoms with Crippen LogP contribution in [0.5, 0.6) is 0 Å². The van der Waals surface area contributed by atoms with Crippen LogP contribution in [-0.2, 0) is 4.79 Å². The zero-order chi connectivity index (χ0) is 26.5. The molecule has 4 atom stereocenters. The van der Waals surface area contributed by atoms with Crippen molar-refractivity contribution in [3.05, 3.63) is 35.9 Å². The van der Waals surface area contributed by atoms with Crippen molar-refractivity contribution in [1.29, 1.82) is 0 Å². The van der Waals surface area contributed by atoms with E-state index in [1.165, 1.54) is 64.2 Å². The highest BCUT2D eigenvalue weighted by molar-refractivity contribution is 5.76. The van der Waals surface area contributed by atoms with Crippen molar-refractivity contribution in [1.82, 2.24) is 0 Å². The Bertz CT molecular complexity index is 683. The van der Waals surface area contributed by atoms with Crippen LogP contribution in [0.25, 0.3) is 0 Å². The van der Waals surface area contributed by atoms with Gasteiger partial charge in [-0.05, 0) is 28.7 Å². The molecule has 35 heavy (non-hydrogen) atoms. The van der Waals surface area contributed by atoms with Crippen molar-refractivity contribution in [2.24, 2.45) is 22.7 Å². The van der Waals surface area contributed by atoms with Crippen molar-refractivity contribution in [3.63, 3.8) is 0 Å². The molecule has 202 valence electrons. The van der Waals surface area contributed by atoms with Crippen LogP contribution >= 0.6 is 0 Å². The van der Waals surface area contributed by atoms with Gasteiger partial charge in [0.25, 0.3) is 0 Å². The van der Waals surface area contributed by atoms with Crippen LogP contribution in [0.2, 0.25) is 0 Å². The average Bonchev–Trinajstić information content (AvgIpc) is 2.76. The summed E-state index contributed by atoms with van der Waals surface area (Å²) in [5.74, 6) is -1.90. The fourth-order valence-corrected chi connectivity index (χ4v) is 5.77. The van der Waals surface area contributed by atoms with Crippen LogP contribution in [0, 0.1) is 22.7 Å². The Morgan fingerprint density at radius 3 is 1.60 bits per heavy atom. The minimum Gasteiger partial charge on any atom is -0.481 e. The van der Waals surface area contributed by atoms with Gasteiger partial charge in [0.15, 0.2) is 0 Å². The normalized spacial score (nSPS) is 16.0. The number of carboxylic acid groups (broad SMARTS) is 1. The Morgan fingerprint density at radius 1 is 0.743 bits per heavy atom. The lowest BCUT2D eigenvalue weighted by atomic mass is 9.61. The molecule has 0 aromatic heterocycles. The Balaban J connectivity index is 2.78. The van der Waals surface area contributed by atoms with E-state index in [4.69, 9.17) is 0 Å². The van der Waals surface area contributed by atoms with E-state index in [9.17, 15) is 15.0 Å². The second-order valence-electron chi connectivity index (χ2n) is 12.9. The van der Waals surface area contributed by atoms with Crippen LogP contribution in [0.1, 0.15) is 137 Å². The van der Waals surface area contributed by atoms with Crippen LogP contribution in [0.3, 0.4) is 0 Å². The highest BCUT2D eigenvalue weighted by Gasteiger charge is 2.46. The van der Waals surface area contributed by atoms with Crippen molar-refractivity contribution < 1.29 is 15.0 Å². The maximum atomic E-state index is 12.5. The van der Waals surface area contributed by atoms with E-state index in [1.54, 1.807) is 0 Å². The third-order valence-corrected chi connectivity index (χ3v) is 7.80. The molecule has 0 fully saturated rings. The standard InChI is InChI=1S/C32H56O3/c1-8-9-10-11-12-13-14-15-16-17-21-24-26(31(2,3)4)29(33)28(32(5,6)7)27(30(34)35)25-22-19-18-20-23-25/h18-20,22-23,26-29,33H,8-17,21,24H2,1-7H3,(H,34,35). The van der Waals surface area contributed by atoms with E-state index in [1.807, 2.05) is 30.3 Å². The monoisotopic (exact) mass is 488 g/mol. The molecule has 3 heteroatoms. The molecule has 0 radical (unpaired) electrons. The van der Waals surface area contributed by atoms with Crippen molar-refractivity contribution >= 4 is 5.97 Å². The maximum absolute atomic E-state index is 12.5. The summed E-state index contributed by atoms with van der Waals surface area (Å²) in [5.41, 5.74) is 0.335. The van der Waals surface area contributed by atoms with Gasteiger partial charge in [0, 0.05) is 5.92 Å². The zero-order valence-corrected chi connectivity index (χ0v) is 24.0. The molecule has 0 heterocycles. The number of aliphatic hydroxyl groups excluding tert-OH is 1. The Labute approximate surface area is 217 Å². The predicted molar refractivity (Wildman–Crippen MR) is 150 cm³/mol. The molecule has 0 aliphatic carbocycles. The van der Waals surface area contributed by atoms with Gasteiger partial charge in [0.2, 0.25) is 0 Å². The first kappa shape index (κ1) is 31.7. The Hall–Kier alpha value is -1.35. The van der Waals surface area contributed by atoms with E-state index in [-0.39, 0.29) is 22.7 Å². The lowest BCUT2D eigenvalue weighted by Gasteiger charge is -2.45. The lowest BCUT2D eigenvalue weighted by molar-refractivity contribution is -0.146. The van der Waals surface area contributed by atoms with Gasteiger partial charge < -0.3 is 10.2 Å². The number of benzene rings is 1. The quantitative estimate of drug-likeness (QED) is 0.215. The van der Waals surface area contributed by atoms with E-state index < -0.39 is 18.0 Å². The van der Waals surface area contributed by atoms with E-state index >= 15 is 0 Å². The van der Waals surface area contributed by atoms with Gasteiger partial charge in [0.1, 0.15) is 0 Å². The third kappa shape index (κ3) is 11.5. The summed E-state index contributed by atoms with van der Waals surface area (Å²) in [6.07, 6.45) is 14.6. The third-order valence-electron chi connectivity index (χ3n) is 7.80. The number of hydrogen-bond donors (Lipinski definition) is 2. The summed E-state index contributed by atoms with van der Waals surface area (Å²) >= 11 is 0. The number of aliphatic carboxylic acids is 1.